The third-order valence-electron chi connectivity index (χ3n) is 2.44. The maximum atomic E-state index is 11.4. The van der Waals surface area contributed by atoms with Crippen LogP contribution in [0, 0.1) is 11.8 Å². The van der Waals surface area contributed by atoms with Crippen LogP contribution in [0.3, 0.4) is 0 Å². The van der Waals surface area contributed by atoms with Gasteiger partial charge in [0.1, 0.15) is 6.61 Å². The van der Waals surface area contributed by atoms with Gasteiger partial charge in [0.05, 0.1) is 12.5 Å². The molecule has 1 unspecified atom stereocenters. The molecular formula is C9H13NO3. The van der Waals surface area contributed by atoms with Crippen molar-refractivity contribution >= 4 is 11.7 Å². The van der Waals surface area contributed by atoms with E-state index in [0.717, 1.165) is 0 Å². The van der Waals surface area contributed by atoms with E-state index in [-0.39, 0.29) is 11.9 Å². The van der Waals surface area contributed by atoms with Crippen molar-refractivity contribution in [3.63, 3.8) is 0 Å². The molecule has 0 aromatic rings. The Hall–Kier alpha value is -1.06. The predicted octanol–water partition coefficient (Wildman–Crippen LogP) is 0.962. The molecule has 0 amide bonds. The van der Waals surface area contributed by atoms with Crippen LogP contribution in [0.15, 0.2) is 5.16 Å². The van der Waals surface area contributed by atoms with Crippen molar-refractivity contribution < 1.29 is 14.4 Å². The lowest BCUT2D eigenvalue weighted by Gasteiger charge is -2.06. The largest absolute Gasteiger partial charge is 0.461 e. The van der Waals surface area contributed by atoms with Crippen LogP contribution in [0.25, 0.3) is 0 Å². The highest BCUT2D eigenvalue weighted by atomic mass is 16.6. The topological polar surface area (TPSA) is 47.9 Å². The zero-order valence-corrected chi connectivity index (χ0v) is 7.66. The van der Waals surface area contributed by atoms with E-state index in [1.165, 1.54) is 12.8 Å². The molecule has 1 saturated carbocycles. The molecule has 72 valence electrons. The summed E-state index contributed by atoms with van der Waals surface area (Å²) in [4.78, 5) is 16.3. The zero-order chi connectivity index (χ0) is 9.26. The highest BCUT2D eigenvalue weighted by Crippen LogP contribution is 2.39. The number of carbonyl (C=O) groups excluding carboxylic acids is 1. The van der Waals surface area contributed by atoms with Crippen molar-refractivity contribution in [2.75, 3.05) is 13.2 Å². The number of carbonyl (C=O) groups is 1. The van der Waals surface area contributed by atoms with Gasteiger partial charge < -0.3 is 9.57 Å². The van der Waals surface area contributed by atoms with Gasteiger partial charge in [-0.25, -0.2) is 4.79 Å². The Balaban J connectivity index is 1.99. The minimum Gasteiger partial charge on any atom is -0.461 e. The van der Waals surface area contributed by atoms with Crippen molar-refractivity contribution in [3.8, 4) is 0 Å². The van der Waals surface area contributed by atoms with Crippen LogP contribution < -0.4 is 0 Å². The van der Waals surface area contributed by atoms with E-state index in [0.29, 0.717) is 24.8 Å². The molecule has 13 heavy (non-hydrogen) atoms. The zero-order valence-electron chi connectivity index (χ0n) is 7.66. The highest BCUT2D eigenvalue weighted by molar-refractivity contribution is 6.37. The van der Waals surface area contributed by atoms with E-state index >= 15 is 0 Å². The van der Waals surface area contributed by atoms with E-state index in [4.69, 9.17) is 9.57 Å². The first-order valence-electron chi connectivity index (χ1n) is 4.70. The number of rotatable bonds is 3. The summed E-state index contributed by atoms with van der Waals surface area (Å²) in [6.45, 7) is 2.74. The van der Waals surface area contributed by atoms with Gasteiger partial charge in [-0.15, -0.1) is 0 Å². The molecule has 2 rings (SSSR count). The van der Waals surface area contributed by atoms with E-state index in [9.17, 15) is 4.79 Å². The third-order valence-corrected chi connectivity index (χ3v) is 2.44. The van der Waals surface area contributed by atoms with E-state index < -0.39 is 0 Å². The van der Waals surface area contributed by atoms with Crippen LogP contribution in [-0.4, -0.2) is 24.9 Å². The molecular weight excluding hydrogens is 170 g/mol. The second kappa shape index (κ2) is 3.36. The minimum absolute atomic E-state index is 0.194. The third kappa shape index (κ3) is 1.66. The van der Waals surface area contributed by atoms with Crippen LogP contribution in [0.5, 0.6) is 0 Å². The Morgan fingerprint density at radius 3 is 3.08 bits per heavy atom. The number of hydrogen-bond acceptors (Lipinski definition) is 4. The number of ether oxygens (including phenoxy) is 1. The Bertz CT molecular complexity index is 245. The normalized spacial score (nSPS) is 26.5. The molecule has 1 atom stereocenters. The molecule has 0 spiro atoms. The number of hydrogen-bond donors (Lipinski definition) is 0. The molecule has 0 N–H and O–H groups in total. The molecule has 0 aromatic carbocycles. The van der Waals surface area contributed by atoms with E-state index in [2.05, 4.69) is 5.16 Å². The second-order valence-electron chi connectivity index (χ2n) is 3.44. The van der Waals surface area contributed by atoms with Crippen LogP contribution >= 0.6 is 0 Å². The van der Waals surface area contributed by atoms with E-state index in [1.807, 2.05) is 0 Å². The van der Waals surface area contributed by atoms with Crippen LogP contribution in [-0.2, 0) is 14.4 Å². The SMILES string of the molecule is CCOC(=O)C1=NOCC1C1CC1. The molecule has 0 saturated heterocycles. The molecule has 1 aliphatic carbocycles. The average molecular weight is 183 g/mol. The minimum atomic E-state index is -0.308. The first-order valence-corrected chi connectivity index (χ1v) is 4.70. The van der Waals surface area contributed by atoms with Gasteiger partial charge in [-0.3, -0.25) is 0 Å². The first-order chi connectivity index (χ1) is 6.33. The second-order valence-corrected chi connectivity index (χ2v) is 3.44. The summed E-state index contributed by atoms with van der Waals surface area (Å²) in [5, 5.41) is 3.74. The molecule has 1 fully saturated rings. The molecule has 0 bridgehead atoms. The summed E-state index contributed by atoms with van der Waals surface area (Å²) >= 11 is 0. The van der Waals surface area contributed by atoms with Gasteiger partial charge in [-0.2, -0.15) is 0 Å². The summed E-state index contributed by atoms with van der Waals surface area (Å²) in [5.74, 6) is 0.488. The maximum absolute atomic E-state index is 11.4. The first kappa shape index (κ1) is 8.53. The van der Waals surface area contributed by atoms with Gasteiger partial charge in [0.25, 0.3) is 0 Å². The summed E-state index contributed by atoms with van der Waals surface area (Å²) in [7, 11) is 0. The van der Waals surface area contributed by atoms with Crippen molar-refractivity contribution in [3.05, 3.63) is 0 Å². The van der Waals surface area contributed by atoms with Gasteiger partial charge in [0, 0.05) is 0 Å². The van der Waals surface area contributed by atoms with E-state index in [1.54, 1.807) is 6.92 Å². The molecule has 2 aliphatic rings. The van der Waals surface area contributed by atoms with Crippen molar-refractivity contribution in [2.45, 2.75) is 19.8 Å². The molecule has 1 heterocycles. The lowest BCUT2D eigenvalue weighted by molar-refractivity contribution is -0.135. The summed E-state index contributed by atoms with van der Waals surface area (Å²) in [6.07, 6.45) is 2.37. The average Bonchev–Trinajstić information content (AvgIpc) is 2.84. The number of esters is 1. The Labute approximate surface area is 76.9 Å². The van der Waals surface area contributed by atoms with Crippen molar-refractivity contribution in [1.82, 2.24) is 0 Å². The standard InChI is InChI=1S/C9H13NO3/c1-2-12-9(11)8-7(5-13-10-8)6-3-4-6/h6-7H,2-5H2,1H3. The monoisotopic (exact) mass is 183 g/mol. The van der Waals surface area contributed by atoms with Crippen LogP contribution in [0.1, 0.15) is 19.8 Å². The Morgan fingerprint density at radius 2 is 2.46 bits per heavy atom. The van der Waals surface area contributed by atoms with Crippen molar-refractivity contribution in [1.29, 1.82) is 0 Å². The lowest BCUT2D eigenvalue weighted by Crippen LogP contribution is -2.26. The fourth-order valence-corrected chi connectivity index (χ4v) is 1.59. The molecule has 4 nitrogen and oxygen atoms in total. The van der Waals surface area contributed by atoms with Crippen LogP contribution in [0.2, 0.25) is 0 Å². The molecule has 4 heteroatoms. The summed E-state index contributed by atoms with van der Waals surface area (Å²) in [6, 6.07) is 0. The van der Waals surface area contributed by atoms with Crippen molar-refractivity contribution in [2.24, 2.45) is 17.0 Å². The fraction of sp³-hybridized carbons (Fsp3) is 0.778. The number of nitrogens with zero attached hydrogens (tertiary/aromatic N) is 1. The van der Waals surface area contributed by atoms with Crippen LogP contribution in [0.4, 0.5) is 0 Å². The highest BCUT2D eigenvalue weighted by Gasteiger charge is 2.41. The van der Waals surface area contributed by atoms with Gasteiger partial charge in [0.15, 0.2) is 5.71 Å². The summed E-state index contributed by atoms with van der Waals surface area (Å²) in [5.41, 5.74) is 0.490. The Morgan fingerprint density at radius 1 is 1.69 bits per heavy atom. The quantitative estimate of drug-likeness (QED) is 0.612. The molecule has 0 radical (unpaired) electrons. The van der Waals surface area contributed by atoms with Gasteiger partial charge in [-0.1, -0.05) is 5.16 Å². The predicted molar refractivity (Wildman–Crippen MR) is 46.2 cm³/mol. The lowest BCUT2D eigenvalue weighted by atomic mass is 10.00. The molecule has 0 aromatic heterocycles. The number of oxime groups is 1. The van der Waals surface area contributed by atoms with Gasteiger partial charge >= 0.3 is 5.97 Å². The van der Waals surface area contributed by atoms with Gasteiger partial charge in [-0.05, 0) is 25.7 Å². The smallest absolute Gasteiger partial charge is 0.356 e. The van der Waals surface area contributed by atoms with Gasteiger partial charge in [0.2, 0.25) is 0 Å². The summed E-state index contributed by atoms with van der Waals surface area (Å²) < 4.78 is 4.88. The Kier molecular flexibility index (Phi) is 2.20. The fourth-order valence-electron chi connectivity index (χ4n) is 1.59. The maximum Gasteiger partial charge on any atom is 0.356 e. The molecule has 1 aliphatic heterocycles.